The molecule has 0 radical (unpaired) electrons. The third-order valence-electron chi connectivity index (χ3n) is 4.48. The van der Waals surface area contributed by atoms with Gasteiger partial charge in [-0.3, -0.25) is 9.69 Å². The number of likely N-dealkylation sites (N-methyl/N-ethyl adjacent to an activating group) is 1. The Kier molecular flexibility index (Phi) is 3.92. The van der Waals surface area contributed by atoms with Crippen molar-refractivity contribution in [3.8, 4) is 0 Å². The maximum atomic E-state index is 11.4. The van der Waals surface area contributed by atoms with E-state index in [-0.39, 0.29) is 5.91 Å². The summed E-state index contributed by atoms with van der Waals surface area (Å²) >= 11 is 0. The summed E-state index contributed by atoms with van der Waals surface area (Å²) in [4.78, 5) is 20.1. The van der Waals surface area contributed by atoms with E-state index in [2.05, 4.69) is 20.5 Å². The molecule has 5 heteroatoms. The van der Waals surface area contributed by atoms with Gasteiger partial charge in [-0.2, -0.15) is 0 Å². The van der Waals surface area contributed by atoms with Crippen LogP contribution in [0.4, 0.5) is 0 Å². The molecule has 0 aliphatic carbocycles. The fraction of sp³-hybridized carbons (Fsp3) is 0.500. The van der Waals surface area contributed by atoms with Crippen LogP contribution in [-0.4, -0.2) is 58.0 Å². The van der Waals surface area contributed by atoms with E-state index in [9.17, 15) is 4.79 Å². The first kappa shape index (κ1) is 14.1. The van der Waals surface area contributed by atoms with Crippen LogP contribution in [0.2, 0.25) is 0 Å². The Morgan fingerprint density at radius 2 is 2.19 bits per heavy atom. The fourth-order valence-corrected chi connectivity index (χ4v) is 3.03. The van der Waals surface area contributed by atoms with Gasteiger partial charge in [-0.05, 0) is 18.6 Å². The summed E-state index contributed by atoms with van der Waals surface area (Å²) in [5.74, 6) is 0.155. The zero-order valence-corrected chi connectivity index (χ0v) is 12.7. The number of fused-ring (bicyclic) bond motifs is 1. The van der Waals surface area contributed by atoms with E-state index >= 15 is 0 Å². The van der Waals surface area contributed by atoms with E-state index in [0.29, 0.717) is 6.04 Å². The average molecular weight is 286 g/mol. The van der Waals surface area contributed by atoms with E-state index in [4.69, 9.17) is 0 Å². The lowest BCUT2D eigenvalue weighted by Gasteiger charge is -2.23. The van der Waals surface area contributed by atoms with E-state index in [1.165, 1.54) is 5.52 Å². The van der Waals surface area contributed by atoms with Crippen LogP contribution in [0.5, 0.6) is 0 Å². The number of imidazole rings is 1. The summed E-state index contributed by atoms with van der Waals surface area (Å²) in [6.07, 6.45) is 2.99. The Morgan fingerprint density at radius 3 is 3.00 bits per heavy atom. The molecule has 1 aliphatic heterocycles. The Balaban J connectivity index is 1.58. The van der Waals surface area contributed by atoms with Gasteiger partial charge < -0.3 is 9.47 Å². The molecule has 5 nitrogen and oxygen atoms in total. The predicted octanol–water partition coefficient (Wildman–Crippen LogP) is 1.59. The lowest BCUT2D eigenvalue weighted by molar-refractivity contribution is -0.129. The molecule has 1 aromatic heterocycles. The first-order valence-electron chi connectivity index (χ1n) is 7.51. The number of benzene rings is 1. The number of carbonyl (C=O) groups excluding carboxylic acids is 1. The second kappa shape index (κ2) is 5.85. The first-order valence-corrected chi connectivity index (χ1v) is 7.51. The van der Waals surface area contributed by atoms with Gasteiger partial charge in [-0.1, -0.05) is 12.1 Å². The van der Waals surface area contributed by atoms with Gasteiger partial charge in [0.05, 0.1) is 17.4 Å². The largest absolute Gasteiger partial charge is 0.342 e. The number of likely N-dealkylation sites (tertiary alicyclic amines) is 1. The zero-order chi connectivity index (χ0) is 14.8. The maximum Gasteiger partial charge on any atom is 0.219 e. The Bertz CT molecular complexity index is 636. The quantitative estimate of drug-likeness (QED) is 0.857. The van der Waals surface area contributed by atoms with Crippen LogP contribution >= 0.6 is 0 Å². The lowest BCUT2D eigenvalue weighted by Crippen LogP contribution is -2.38. The molecule has 0 bridgehead atoms. The second-order valence-corrected chi connectivity index (χ2v) is 5.80. The Labute approximate surface area is 125 Å². The molecule has 1 amide bonds. The number of hydrogen-bond acceptors (Lipinski definition) is 3. The van der Waals surface area contributed by atoms with Gasteiger partial charge >= 0.3 is 0 Å². The summed E-state index contributed by atoms with van der Waals surface area (Å²) in [5.41, 5.74) is 2.24. The minimum absolute atomic E-state index is 0.155. The van der Waals surface area contributed by atoms with Crippen LogP contribution in [0, 0.1) is 0 Å². The molecule has 1 saturated heterocycles. The summed E-state index contributed by atoms with van der Waals surface area (Å²) in [5, 5.41) is 0. The molecular weight excluding hydrogens is 264 g/mol. The standard InChI is InChI=1S/C16H22N4O/c1-13(21)18(2)14-7-8-19(11-14)9-10-20-12-17-15-5-3-4-6-16(15)20/h3-6,12,14H,7-11H2,1-2H3/t14-/m0/s1. The average Bonchev–Trinajstić information content (AvgIpc) is 3.11. The topological polar surface area (TPSA) is 41.4 Å². The molecule has 1 atom stereocenters. The van der Waals surface area contributed by atoms with Crippen molar-refractivity contribution < 1.29 is 4.79 Å². The molecule has 0 spiro atoms. The van der Waals surface area contributed by atoms with Gasteiger partial charge in [-0.25, -0.2) is 4.98 Å². The number of nitrogens with zero attached hydrogens (tertiary/aromatic N) is 4. The smallest absolute Gasteiger partial charge is 0.219 e. The van der Waals surface area contributed by atoms with Crippen molar-refractivity contribution in [2.75, 3.05) is 26.7 Å². The van der Waals surface area contributed by atoms with Crippen molar-refractivity contribution in [2.24, 2.45) is 0 Å². The number of carbonyl (C=O) groups is 1. The second-order valence-electron chi connectivity index (χ2n) is 5.80. The van der Waals surface area contributed by atoms with Gasteiger partial charge in [0.2, 0.25) is 5.91 Å². The highest BCUT2D eigenvalue weighted by Gasteiger charge is 2.26. The molecule has 2 heterocycles. The van der Waals surface area contributed by atoms with Crippen molar-refractivity contribution in [3.63, 3.8) is 0 Å². The van der Waals surface area contributed by atoms with Crippen molar-refractivity contribution >= 4 is 16.9 Å². The van der Waals surface area contributed by atoms with Gasteiger partial charge in [0, 0.05) is 46.2 Å². The van der Waals surface area contributed by atoms with Gasteiger partial charge in [0.1, 0.15) is 0 Å². The van der Waals surface area contributed by atoms with E-state index < -0.39 is 0 Å². The van der Waals surface area contributed by atoms with Crippen LogP contribution < -0.4 is 0 Å². The minimum atomic E-state index is 0.155. The fourth-order valence-electron chi connectivity index (χ4n) is 3.03. The molecule has 0 N–H and O–H groups in total. The SMILES string of the molecule is CC(=O)N(C)[C@H]1CCN(CCn2cnc3ccccc32)C1. The maximum absolute atomic E-state index is 11.4. The van der Waals surface area contributed by atoms with Crippen LogP contribution in [0.3, 0.4) is 0 Å². The summed E-state index contributed by atoms with van der Waals surface area (Å²) in [7, 11) is 1.90. The number of para-hydroxylation sites is 2. The summed E-state index contributed by atoms with van der Waals surface area (Å²) in [6, 6.07) is 8.58. The van der Waals surface area contributed by atoms with E-state index in [1.54, 1.807) is 6.92 Å². The highest BCUT2D eigenvalue weighted by Crippen LogP contribution is 2.16. The van der Waals surface area contributed by atoms with Crippen LogP contribution in [-0.2, 0) is 11.3 Å². The first-order chi connectivity index (χ1) is 10.1. The van der Waals surface area contributed by atoms with Crippen molar-refractivity contribution in [3.05, 3.63) is 30.6 Å². The molecule has 0 saturated carbocycles. The molecule has 0 unspecified atom stereocenters. The third kappa shape index (κ3) is 2.93. The monoisotopic (exact) mass is 286 g/mol. The highest BCUT2D eigenvalue weighted by atomic mass is 16.2. The van der Waals surface area contributed by atoms with Crippen LogP contribution in [0.1, 0.15) is 13.3 Å². The third-order valence-corrected chi connectivity index (χ3v) is 4.48. The molecule has 112 valence electrons. The molecular formula is C16H22N4O. The van der Waals surface area contributed by atoms with Crippen molar-refractivity contribution in [1.29, 1.82) is 0 Å². The van der Waals surface area contributed by atoms with Gasteiger partial charge in [0.15, 0.2) is 0 Å². The molecule has 21 heavy (non-hydrogen) atoms. The number of hydrogen-bond donors (Lipinski definition) is 0. The Morgan fingerprint density at radius 1 is 1.38 bits per heavy atom. The van der Waals surface area contributed by atoms with Crippen LogP contribution in [0.15, 0.2) is 30.6 Å². The van der Waals surface area contributed by atoms with Gasteiger partial charge in [0.25, 0.3) is 0 Å². The number of aromatic nitrogens is 2. The summed E-state index contributed by atoms with van der Waals surface area (Å²) < 4.78 is 2.21. The normalized spacial score (nSPS) is 19.2. The highest BCUT2D eigenvalue weighted by molar-refractivity contribution is 5.75. The predicted molar refractivity (Wildman–Crippen MR) is 83.0 cm³/mol. The molecule has 3 rings (SSSR count). The minimum Gasteiger partial charge on any atom is -0.342 e. The lowest BCUT2D eigenvalue weighted by atomic mass is 10.2. The summed E-state index contributed by atoms with van der Waals surface area (Å²) in [6.45, 7) is 5.62. The number of rotatable bonds is 4. The molecule has 1 aliphatic rings. The zero-order valence-electron chi connectivity index (χ0n) is 12.7. The van der Waals surface area contributed by atoms with E-state index in [1.807, 2.05) is 36.5 Å². The van der Waals surface area contributed by atoms with Crippen molar-refractivity contribution in [1.82, 2.24) is 19.4 Å². The van der Waals surface area contributed by atoms with Crippen molar-refractivity contribution in [2.45, 2.75) is 25.9 Å². The number of amides is 1. The molecule has 1 fully saturated rings. The van der Waals surface area contributed by atoms with Crippen LogP contribution in [0.25, 0.3) is 11.0 Å². The molecule has 2 aromatic rings. The van der Waals surface area contributed by atoms with E-state index in [0.717, 1.165) is 38.1 Å². The molecule has 1 aromatic carbocycles. The van der Waals surface area contributed by atoms with Gasteiger partial charge in [-0.15, -0.1) is 0 Å². The Hall–Kier alpha value is -1.88.